The topological polar surface area (TPSA) is 61.9 Å². The predicted molar refractivity (Wildman–Crippen MR) is 254 cm³/mol. The second-order valence-electron chi connectivity index (χ2n) is 16.1. The first-order chi connectivity index (χ1) is 30.8. The van der Waals surface area contributed by atoms with Gasteiger partial charge in [-0.3, -0.25) is 4.57 Å². The van der Waals surface area contributed by atoms with E-state index >= 15 is 0 Å². The van der Waals surface area contributed by atoms with E-state index in [1.54, 1.807) is 0 Å². The third-order valence-corrected chi connectivity index (χ3v) is 12.7. The summed E-state index contributed by atoms with van der Waals surface area (Å²) in [5, 5.41) is 9.79. The van der Waals surface area contributed by atoms with Crippen LogP contribution in [0.1, 0.15) is 0 Å². The highest BCUT2D eigenvalue weighted by atomic mass is 16.3. The second kappa shape index (κ2) is 12.5. The Balaban J connectivity index is 1.10. The van der Waals surface area contributed by atoms with Crippen molar-refractivity contribution in [3.8, 4) is 34.0 Å². The van der Waals surface area contributed by atoms with Gasteiger partial charge in [-0.15, -0.1) is 0 Å². The molecule has 0 aliphatic rings. The third-order valence-electron chi connectivity index (χ3n) is 12.7. The molecule has 6 nitrogen and oxygen atoms in total. The van der Waals surface area contributed by atoms with Crippen LogP contribution in [0.15, 0.2) is 203 Å². The standard InChI is InChI=1S/C56H32N4O2/c1-2-17-36(18-3-1)59-44-25-10-6-22-40(44)51-53-49(50-41-23-8-13-28-47(41)62-55(50)54(51)59)39-21-5-11-26-45(39)60(53)56-57-43-24-9-4-20-38(43)52(58-56)35-16-14-15-33(31-35)34-29-30-48-42(32-34)37-19-7-12-27-46(37)61-48/h1-32H. The van der Waals surface area contributed by atoms with Gasteiger partial charge in [0.25, 0.3) is 0 Å². The van der Waals surface area contributed by atoms with E-state index in [2.05, 4.69) is 185 Å². The van der Waals surface area contributed by atoms with Crippen LogP contribution in [-0.2, 0) is 0 Å². The number of hydrogen-bond acceptors (Lipinski definition) is 4. The molecule has 0 saturated heterocycles. The Morgan fingerprint density at radius 1 is 0.355 bits per heavy atom. The quantitative estimate of drug-likeness (QED) is 0.178. The molecule has 5 heterocycles. The lowest BCUT2D eigenvalue weighted by atomic mass is 9.98. The molecule has 14 rings (SSSR count). The maximum atomic E-state index is 6.99. The van der Waals surface area contributed by atoms with Gasteiger partial charge in [0.2, 0.25) is 5.95 Å². The minimum absolute atomic E-state index is 0.603. The van der Waals surface area contributed by atoms with Crippen molar-refractivity contribution in [1.29, 1.82) is 0 Å². The minimum Gasteiger partial charge on any atom is -0.456 e. The first-order valence-electron chi connectivity index (χ1n) is 20.9. The zero-order valence-electron chi connectivity index (χ0n) is 33.1. The Labute approximate surface area is 353 Å². The summed E-state index contributed by atoms with van der Waals surface area (Å²) in [7, 11) is 0. The molecule has 0 saturated carbocycles. The lowest BCUT2D eigenvalue weighted by Gasteiger charge is -2.13. The zero-order valence-corrected chi connectivity index (χ0v) is 33.1. The molecule has 288 valence electrons. The van der Waals surface area contributed by atoms with Gasteiger partial charge in [0.05, 0.1) is 33.3 Å². The molecule has 6 heteroatoms. The molecule has 0 atom stereocenters. The number of hydrogen-bond donors (Lipinski definition) is 0. The zero-order chi connectivity index (χ0) is 40.5. The molecule has 0 unspecified atom stereocenters. The van der Waals surface area contributed by atoms with Crippen LogP contribution in [0.5, 0.6) is 0 Å². The average Bonchev–Trinajstić information content (AvgIpc) is 4.09. The summed E-state index contributed by atoms with van der Waals surface area (Å²) < 4.78 is 17.8. The van der Waals surface area contributed by atoms with Crippen LogP contribution in [0.4, 0.5) is 0 Å². The molecule has 0 aliphatic heterocycles. The van der Waals surface area contributed by atoms with E-state index in [1.165, 1.54) is 0 Å². The van der Waals surface area contributed by atoms with Crippen LogP contribution in [0.2, 0.25) is 0 Å². The van der Waals surface area contributed by atoms with E-state index in [-0.39, 0.29) is 0 Å². The molecule has 0 spiro atoms. The molecule has 5 aromatic heterocycles. The fourth-order valence-electron chi connectivity index (χ4n) is 10.1. The van der Waals surface area contributed by atoms with Crippen molar-refractivity contribution in [3.63, 3.8) is 0 Å². The van der Waals surface area contributed by atoms with Gasteiger partial charge in [-0.1, -0.05) is 133 Å². The van der Waals surface area contributed by atoms with E-state index in [1.807, 2.05) is 18.2 Å². The van der Waals surface area contributed by atoms with E-state index in [0.29, 0.717) is 5.95 Å². The fourth-order valence-corrected chi connectivity index (χ4v) is 10.1. The molecule has 0 fully saturated rings. The highest BCUT2D eigenvalue weighted by Crippen LogP contribution is 2.49. The van der Waals surface area contributed by atoms with Gasteiger partial charge in [-0.05, 0) is 71.8 Å². The van der Waals surface area contributed by atoms with E-state index in [9.17, 15) is 0 Å². The Hall–Kier alpha value is -8.48. The summed E-state index contributed by atoms with van der Waals surface area (Å²) in [5.74, 6) is 0.603. The smallest absolute Gasteiger partial charge is 0.235 e. The van der Waals surface area contributed by atoms with Gasteiger partial charge in [-0.2, -0.15) is 0 Å². The third kappa shape index (κ3) is 4.58. The SMILES string of the molecule is c1ccc(-n2c3ccccc3c3c2c2oc4ccccc4c2c2c4ccccc4n(-c4nc(-c5cccc(-c6ccc7oc8ccccc8c7c6)c5)c5ccccc5n4)c23)cc1. The molecule has 0 radical (unpaired) electrons. The summed E-state index contributed by atoms with van der Waals surface area (Å²) in [5.41, 5.74) is 13.7. The van der Waals surface area contributed by atoms with E-state index in [0.717, 1.165) is 126 Å². The summed E-state index contributed by atoms with van der Waals surface area (Å²) in [6.45, 7) is 0. The van der Waals surface area contributed by atoms with Crippen LogP contribution in [-0.4, -0.2) is 19.1 Å². The molecule has 9 aromatic carbocycles. The lowest BCUT2D eigenvalue weighted by Crippen LogP contribution is -2.04. The van der Waals surface area contributed by atoms with Gasteiger partial charge >= 0.3 is 0 Å². The van der Waals surface area contributed by atoms with Crippen molar-refractivity contribution in [1.82, 2.24) is 19.1 Å². The minimum atomic E-state index is 0.603. The van der Waals surface area contributed by atoms with Crippen LogP contribution < -0.4 is 0 Å². The molecule has 14 aromatic rings. The Kier molecular flexibility index (Phi) is 6.74. The van der Waals surface area contributed by atoms with Crippen molar-refractivity contribution < 1.29 is 8.83 Å². The van der Waals surface area contributed by atoms with Gasteiger partial charge < -0.3 is 13.4 Å². The van der Waals surface area contributed by atoms with Crippen LogP contribution >= 0.6 is 0 Å². The number of aromatic nitrogens is 4. The molecular formula is C56H32N4O2. The molecule has 0 aliphatic carbocycles. The van der Waals surface area contributed by atoms with Crippen molar-refractivity contribution in [3.05, 3.63) is 194 Å². The van der Waals surface area contributed by atoms with Crippen molar-refractivity contribution in [2.24, 2.45) is 0 Å². The lowest BCUT2D eigenvalue weighted by molar-refractivity contribution is 0.669. The first-order valence-corrected chi connectivity index (χ1v) is 20.9. The van der Waals surface area contributed by atoms with Gasteiger partial charge in [-0.25, -0.2) is 9.97 Å². The summed E-state index contributed by atoms with van der Waals surface area (Å²) in [6.07, 6.45) is 0. The van der Waals surface area contributed by atoms with Crippen LogP contribution in [0, 0.1) is 0 Å². The first kappa shape index (κ1) is 33.4. The van der Waals surface area contributed by atoms with Crippen LogP contribution in [0.3, 0.4) is 0 Å². The molecule has 0 N–H and O–H groups in total. The Morgan fingerprint density at radius 3 is 1.79 bits per heavy atom. The van der Waals surface area contributed by atoms with E-state index in [4.69, 9.17) is 18.8 Å². The molecular weight excluding hydrogens is 761 g/mol. The maximum absolute atomic E-state index is 6.99. The second-order valence-corrected chi connectivity index (χ2v) is 16.1. The number of rotatable bonds is 4. The summed E-state index contributed by atoms with van der Waals surface area (Å²) >= 11 is 0. The molecule has 0 amide bonds. The van der Waals surface area contributed by atoms with Crippen LogP contribution in [0.25, 0.3) is 132 Å². The number of furan rings is 2. The summed E-state index contributed by atoms with van der Waals surface area (Å²) in [6, 6.07) is 68.1. The molecule has 0 bridgehead atoms. The number of fused-ring (bicyclic) bond motifs is 16. The highest BCUT2D eigenvalue weighted by Gasteiger charge is 2.28. The fraction of sp³-hybridized carbons (Fsp3) is 0. The van der Waals surface area contributed by atoms with Gasteiger partial charge in [0.1, 0.15) is 16.7 Å². The largest absolute Gasteiger partial charge is 0.456 e. The highest BCUT2D eigenvalue weighted by molar-refractivity contribution is 6.39. The Bertz CT molecular complexity index is 4170. The average molecular weight is 793 g/mol. The maximum Gasteiger partial charge on any atom is 0.235 e. The number of para-hydroxylation sites is 6. The number of benzene rings is 9. The van der Waals surface area contributed by atoms with Crippen molar-refractivity contribution in [2.75, 3.05) is 0 Å². The Morgan fingerprint density at radius 2 is 0.968 bits per heavy atom. The summed E-state index contributed by atoms with van der Waals surface area (Å²) in [4.78, 5) is 11.1. The van der Waals surface area contributed by atoms with Gasteiger partial charge in [0, 0.05) is 59.7 Å². The number of nitrogens with zero attached hydrogens (tertiary/aromatic N) is 4. The normalized spacial score (nSPS) is 12.2. The monoisotopic (exact) mass is 792 g/mol. The van der Waals surface area contributed by atoms with Gasteiger partial charge in [0.15, 0.2) is 5.58 Å². The van der Waals surface area contributed by atoms with Crippen molar-refractivity contribution in [2.45, 2.75) is 0 Å². The van der Waals surface area contributed by atoms with E-state index < -0.39 is 0 Å². The van der Waals surface area contributed by atoms with Crippen molar-refractivity contribution >= 4 is 98.4 Å². The molecule has 62 heavy (non-hydrogen) atoms. The predicted octanol–water partition coefficient (Wildman–Crippen LogP) is 15.0.